The first kappa shape index (κ1) is 36.8. The summed E-state index contributed by atoms with van der Waals surface area (Å²) in [6, 6.07) is 20.3. The Balaban J connectivity index is 1.21. The zero-order valence-electron chi connectivity index (χ0n) is 27.8. The number of anilines is 2. The van der Waals surface area contributed by atoms with E-state index in [1.807, 2.05) is 61.5 Å². The van der Waals surface area contributed by atoms with Crippen LogP contribution in [0.2, 0.25) is 0 Å². The molecule has 1 heterocycles. The van der Waals surface area contributed by atoms with Crippen LogP contribution in [-0.2, 0) is 10.0 Å². The van der Waals surface area contributed by atoms with E-state index in [9.17, 15) is 23.3 Å². The zero-order valence-corrected chi connectivity index (χ0v) is 31.0. The monoisotopic (exact) mass is 770 g/mol. The van der Waals surface area contributed by atoms with E-state index in [0.29, 0.717) is 12.2 Å². The lowest BCUT2D eigenvalue weighted by atomic mass is 10.1. The predicted octanol–water partition coefficient (Wildman–Crippen LogP) is 6.19. The lowest BCUT2D eigenvalue weighted by Gasteiger charge is -2.36. The highest BCUT2D eigenvalue weighted by Crippen LogP contribution is 2.32. The lowest BCUT2D eigenvalue weighted by molar-refractivity contribution is -0.384. The molecular formula is C35H43BrN6O5S2. The summed E-state index contributed by atoms with van der Waals surface area (Å²) in [6.45, 7) is 5.35. The fourth-order valence-electron chi connectivity index (χ4n) is 5.93. The Morgan fingerprint density at radius 2 is 1.73 bits per heavy atom. The molecule has 0 saturated carbocycles. The van der Waals surface area contributed by atoms with Crippen molar-refractivity contribution in [2.24, 2.45) is 0 Å². The number of sulfonamides is 1. The SMILES string of the molecule is CN(C)CC[C@H](CSc1ccccc1)Nc1ccc(S(=O)(=O)NC(=O)c2ccc(N3CCN(CC4=C(Br)CCC4)CC3)cc2)cc1[N+](=O)[O-]. The second-order valence-electron chi connectivity index (χ2n) is 12.6. The standard InChI is InChI=1S/C35H43BrN6O5S2/c1-39(2)18-17-28(25-48-30-8-4-3-5-9-30)37-33-16-15-31(23-34(33)42(44)45)49(46,47)38-35(43)26-11-13-29(14-12-26)41-21-19-40(20-22-41)24-27-7-6-10-32(27)36/h3-5,8-9,11-16,23,28,37H,6-7,10,17-22,24-25H2,1-2H3,(H,38,43)/t28-/m1/s1. The zero-order chi connectivity index (χ0) is 35.0. The fourth-order valence-corrected chi connectivity index (χ4v) is 8.52. The highest BCUT2D eigenvalue weighted by atomic mass is 79.9. The highest BCUT2D eigenvalue weighted by Gasteiger charge is 2.26. The molecule has 0 spiro atoms. The van der Waals surface area contributed by atoms with Gasteiger partial charge in [0.2, 0.25) is 0 Å². The van der Waals surface area contributed by atoms with Crippen LogP contribution in [0.3, 0.4) is 0 Å². The molecule has 0 aromatic heterocycles. The molecule has 1 aliphatic heterocycles. The van der Waals surface area contributed by atoms with Crippen LogP contribution in [-0.4, -0.2) is 94.2 Å². The van der Waals surface area contributed by atoms with Gasteiger partial charge in [0.15, 0.2) is 0 Å². The number of carbonyl (C=O) groups is 1. The summed E-state index contributed by atoms with van der Waals surface area (Å²) in [6.07, 6.45) is 4.22. The summed E-state index contributed by atoms with van der Waals surface area (Å²) in [5.74, 6) is -0.158. The molecule has 1 saturated heterocycles. The largest absolute Gasteiger partial charge is 0.376 e. The number of hydrogen-bond donors (Lipinski definition) is 2. The number of halogens is 1. The number of nitrogens with one attached hydrogen (secondary N) is 2. The normalized spacial score (nSPS) is 16.2. The number of thioether (sulfide) groups is 1. The molecule has 1 aliphatic carbocycles. The summed E-state index contributed by atoms with van der Waals surface area (Å²) < 4.78 is 29.9. The Morgan fingerprint density at radius 3 is 2.37 bits per heavy atom. The van der Waals surface area contributed by atoms with Gasteiger partial charge < -0.3 is 15.1 Å². The van der Waals surface area contributed by atoms with E-state index in [0.717, 1.165) is 68.8 Å². The molecule has 3 aromatic carbocycles. The maximum absolute atomic E-state index is 13.2. The van der Waals surface area contributed by atoms with Gasteiger partial charge in [-0.25, -0.2) is 13.1 Å². The Kier molecular flexibility index (Phi) is 12.8. The van der Waals surface area contributed by atoms with E-state index >= 15 is 0 Å². The van der Waals surface area contributed by atoms with Gasteiger partial charge in [0.25, 0.3) is 21.6 Å². The van der Waals surface area contributed by atoms with Crippen molar-refractivity contribution in [2.75, 3.05) is 69.3 Å². The average Bonchev–Trinajstić information content (AvgIpc) is 3.50. The molecule has 14 heteroatoms. The first-order valence-corrected chi connectivity index (χ1v) is 19.6. The third-order valence-corrected chi connectivity index (χ3v) is 12.2. The van der Waals surface area contributed by atoms with Crippen molar-refractivity contribution >= 4 is 60.7 Å². The molecule has 3 aromatic rings. The van der Waals surface area contributed by atoms with Crippen LogP contribution in [0.4, 0.5) is 17.1 Å². The predicted molar refractivity (Wildman–Crippen MR) is 200 cm³/mol. The van der Waals surface area contributed by atoms with Gasteiger partial charge in [-0.1, -0.05) is 34.1 Å². The number of nitrogens with zero attached hydrogens (tertiary/aromatic N) is 4. The molecule has 11 nitrogen and oxygen atoms in total. The molecule has 2 aliphatic rings. The molecule has 262 valence electrons. The van der Waals surface area contributed by atoms with Gasteiger partial charge in [0.1, 0.15) is 5.69 Å². The number of benzene rings is 3. The van der Waals surface area contributed by atoms with Crippen LogP contribution in [0.1, 0.15) is 36.0 Å². The number of nitro groups is 1. The van der Waals surface area contributed by atoms with Crippen molar-refractivity contribution in [3.8, 4) is 0 Å². The molecule has 0 unspecified atom stereocenters. The average molecular weight is 772 g/mol. The van der Waals surface area contributed by atoms with Crippen LogP contribution in [0.15, 0.2) is 92.6 Å². The summed E-state index contributed by atoms with van der Waals surface area (Å²) in [5.41, 5.74) is 2.47. The second kappa shape index (κ2) is 17.0. The minimum absolute atomic E-state index is 0.127. The van der Waals surface area contributed by atoms with Gasteiger partial charge in [0, 0.05) is 66.7 Å². The van der Waals surface area contributed by atoms with Crippen LogP contribution in [0.5, 0.6) is 0 Å². The highest BCUT2D eigenvalue weighted by molar-refractivity contribution is 9.11. The number of piperazine rings is 1. The maximum atomic E-state index is 13.2. The number of carbonyl (C=O) groups excluding carboxylic acids is 1. The van der Waals surface area contributed by atoms with E-state index in [4.69, 9.17) is 0 Å². The van der Waals surface area contributed by atoms with Crippen molar-refractivity contribution in [3.05, 3.63) is 98.5 Å². The Labute approximate surface area is 301 Å². The quantitative estimate of drug-likeness (QED) is 0.105. The molecule has 5 rings (SSSR count). The number of allylic oxidation sites excluding steroid dienone is 1. The van der Waals surface area contributed by atoms with Gasteiger partial charge in [-0.2, -0.15) is 0 Å². The maximum Gasteiger partial charge on any atom is 0.293 e. The first-order valence-electron chi connectivity index (χ1n) is 16.4. The number of nitro benzene ring substituents is 1. The van der Waals surface area contributed by atoms with Crippen LogP contribution < -0.4 is 14.9 Å². The Hall–Kier alpha value is -3.43. The summed E-state index contributed by atoms with van der Waals surface area (Å²) in [5, 5.41) is 15.4. The van der Waals surface area contributed by atoms with Crippen molar-refractivity contribution < 1.29 is 18.1 Å². The van der Waals surface area contributed by atoms with Crippen molar-refractivity contribution in [2.45, 2.75) is 41.5 Å². The minimum atomic E-state index is -4.39. The number of hydrogen-bond acceptors (Lipinski definition) is 10. The van der Waals surface area contributed by atoms with E-state index < -0.39 is 20.9 Å². The van der Waals surface area contributed by atoms with E-state index in [1.54, 1.807) is 23.9 Å². The second-order valence-corrected chi connectivity index (χ2v) is 16.3. The van der Waals surface area contributed by atoms with Crippen molar-refractivity contribution in [3.63, 3.8) is 0 Å². The molecule has 1 amide bonds. The Bertz CT molecular complexity index is 1750. The van der Waals surface area contributed by atoms with Crippen LogP contribution >= 0.6 is 27.7 Å². The van der Waals surface area contributed by atoms with Crippen molar-refractivity contribution in [1.82, 2.24) is 14.5 Å². The minimum Gasteiger partial charge on any atom is -0.376 e. The third kappa shape index (κ3) is 10.3. The topological polar surface area (TPSA) is 128 Å². The van der Waals surface area contributed by atoms with E-state index in [-0.39, 0.29) is 27.9 Å². The van der Waals surface area contributed by atoms with Gasteiger partial charge in [-0.3, -0.25) is 19.8 Å². The summed E-state index contributed by atoms with van der Waals surface area (Å²) in [4.78, 5) is 32.0. The van der Waals surface area contributed by atoms with E-state index in [2.05, 4.69) is 35.8 Å². The molecule has 2 N–H and O–H groups in total. The van der Waals surface area contributed by atoms with Gasteiger partial charge in [-0.05, 0) is 105 Å². The first-order chi connectivity index (χ1) is 23.5. The van der Waals surface area contributed by atoms with Crippen LogP contribution in [0, 0.1) is 10.1 Å². The molecule has 49 heavy (non-hydrogen) atoms. The molecule has 1 atom stereocenters. The van der Waals surface area contributed by atoms with Gasteiger partial charge >= 0.3 is 0 Å². The number of amides is 1. The molecular weight excluding hydrogens is 728 g/mol. The van der Waals surface area contributed by atoms with Gasteiger partial charge in [-0.15, -0.1) is 11.8 Å². The molecule has 0 radical (unpaired) electrons. The Morgan fingerprint density at radius 1 is 1.02 bits per heavy atom. The smallest absolute Gasteiger partial charge is 0.293 e. The molecule has 1 fully saturated rings. The summed E-state index contributed by atoms with van der Waals surface area (Å²) in [7, 11) is -0.470. The van der Waals surface area contributed by atoms with Crippen molar-refractivity contribution in [1.29, 1.82) is 0 Å². The third-order valence-electron chi connectivity index (χ3n) is 8.72. The molecule has 0 bridgehead atoms. The number of rotatable bonds is 15. The summed E-state index contributed by atoms with van der Waals surface area (Å²) >= 11 is 5.35. The lowest BCUT2D eigenvalue weighted by Crippen LogP contribution is -2.46. The van der Waals surface area contributed by atoms with Crippen LogP contribution in [0.25, 0.3) is 0 Å². The van der Waals surface area contributed by atoms with E-state index in [1.165, 1.54) is 28.6 Å². The van der Waals surface area contributed by atoms with Gasteiger partial charge in [0.05, 0.1) is 9.82 Å². The fraction of sp³-hybridized carbons (Fsp3) is 0.400.